The zero-order valence-electron chi connectivity index (χ0n) is 20.1. The average Bonchev–Trinajstić information content (AvgIpc) is 3.38. The first kappa shape index (κ1) is 22.2. The first-order chi connectivity index (χ1) is 17.7. The predicted molar refractivity (Wildman–Crippen MR) is 139 cm³/mol. The highest BCUT2D eigenvalue weighted by Crippen LogP contribution is 2.41. The molecule has 0 bridgehead atoms. The summed E-state index contributed by atoms with van der Waals surface area (Å²) in [7, 11) is 0. The molecule has 1 aliphatic carbocycles. The third kappa shape index (κ3) is 4.25. The van der Waals surface area contributed by atoms with E-state index in [4.69, 9.17) is 14.7 Å². The molecule has 2 saturated heterocycles. The molecule has 3 aliphatic rings. The molecule has 11 heteroatoms. The van der Waals surface area contributed by atoms with Gasteiger partial charge in [-0.2, -0.15) is 15.2 Å². The van der Waals surface area contributed by atoms with Crippen molar-refractivity contribution in [3.05, 3.63) is 30.2 Å². The number of H-pyrrole nitrogens is 1. The van der Waals surface area contributed by atoms with E-state index in [9.17, 15) is 5.11 Å². The fourth-order valence-electron chi connectivity index (χ4n) is 5.12. The number of nitrogens with one attached hydrogen (secondary N) is 2. The lowest BCUT2D eigenvalue weighted by atomic mass is 9.98. The van der Waals surface area contributed by atoms with Crippen LogP contribution in [0, 0.1) is 5.92 Å². The monoisotopic (exact) mass is 506 g/mol. The van der Waals surface area contributed by atoms with E-state index < -0.39 is 0 Å². The number of ether oxygens (including phenoxy) is 1. The van der Waals surface area contributed by atoms with Crippen LogP contribution in [0.1, 0.15) is 49.8 Å². The maximum absolute atomic E-state index is 9.54. The first-order valence-corrected chi connectivity index (χ1v) is 13.7. The van der Waals surface area contributed by atoms with Gasteiger partial charge < -0.3 is 20.1 Å². The molecule has 7 rings (SSSR count). The lowest BCUT2D eigenvalue weighted by molar-refractivity contribution is 0.184. The summed E-state index contributed by atoms with van der Waals surface area (Å²) < 4.78 is 8.57. The van der Waals surface area contributed by atoms with Crippen LogP contribution >= 0.6 is 11.3 Å². The van der Waals surface area contributed by atoms with Crippen LogP contribution in [-0.4, -0.2) is 68.0 Å². The number of hydrogen-bond donors (Lipinski definition) is 3. The topological polar surface area (TPSA) is 117 Å². The van der Waals surface area contributed by atoms with Crippen molar-refractivity contribution in [2.24, 2.45) is 5.92 Å². The molecule has 2 aliphatic heterocycles. The molecule has 0 amide bonds. The van der Waals surface area contributed by atoms with E-state index in [-0.39, 0.29) is 6.61 Å². The van der Waals surface area contributed by atoms with E-state index in [1.807, 2.05) is 10.9 Å². The molecule has 1 unspecified atom stereocenters. The lowest BCUT2D eigenvalue weighted by Gasteiger charge is -2.31. The number of fused-ring (bicyclic) bond motifs is 1. The van der Waals surface area contributed by atoms with Crippen molar-refractivity contribution in [3.63, 3.8) is 0 Å². The summed E-state index contributed by atoms with van der Waals surface area (Å²) in [6.45, 7) is 3.45. The molecule has 188 valence electrons. The number of anilines is 3. The zero-order chi connectivity index (χ0) is 24.1. The Bertz CT molecular complexity index is 1360. The molecule has 36 heavy (non-hydrogen) atoms. The van der Waals surface area contributed by atoms with Gasteiger partial charge >= 0.3 is 0 Å². The highest BCUT2D eigenvalue weighted by Gasteiger charge is 2.27. The molecule has 0 radical (unpaired) electrons. The molecule has 6 heterocycles. The third-order valence-electron chi connectivity index (χ3n) is 7.54. The van der Waals surface area contributed by atoms with Crippen molar-refractivity contribution in [1.29, 1.82) is 0 Å². The van der Waals surface area contributed by atoms with Gasteiger partial charge in [-0.1, -0.05) is 0 Å². The molecule has 3 N–H and O–H groups in total. The Morgan fingerprint density at radius 2 is 2.03 bits per heavy atom. The number of thiophene rings is 1. The number of hydrogen-bond acceptors (Lipinski definition) is 9. The average molecular weight is 507 g/mol. The van der Waals surface area contributed by atoms with Gasteiger partial charge in [0.25, 0.3) is 0 Å². The van der Waals surface area contributed by atoms with E-state index in [0.29, 0.717) is 17.9 Å². The van der Waals surface area contributed by atoms with Gasteiger partial charge in [0.05, 0.1) is 29.1 Å². The normalized spacial score (nSPS) is 21.0. The number of aliphatic hydroxyl groups is 1. The fourth-order valence-corrected chi connectivity index (χ4v) is 6.14. The third-order valence-corrected chi connectivity index (χ3v) is 8.72. The highest BCUT2D eigenvalue weighted by molar-refractivity contribution is 7.22. The molecule has 3 fully saturated rings. The first-order valence-electron chi connectivity index (χ1n) is 12.9. The Hall–Kier alpha value is -3.02. The molecule has 1 saturated carbocycles. The van der Waals surface area contributed by atoms with E-state index >= 15 is 0 Å². The second-order valence-electron chi connectivity index (χ2n) is 10.1. The Morgan fingerprint density at radius 3 is 2.81 bits per heavy atom. The van der Waals surface area contributed by atoms with Crippen LogP contribution in [0.3, 0.4) is 0 Å². The van der Waals surface area contributed by atoms with Crippen LogP contribution in [0.25, 0.3) is 20.7 Å². The standard InChI is InChI=1S/C25H30N8O2S/c34-13-15-3-6-32(7-4-15)25-27-20-9-21(17-11-26-33(12-17)18-5-8-35-14-18)36-23(20)24(29-25)28-22-10-19(30-31-22)16-1-2-16/h9-12,15-16,18,34H,1-8,13-14H2,(H2,27,28,29,30,31). The Kier molecular flexibility index (Phi) is 5.63. The number of aromatic amines is 1. The van der Waals surface area contributed by atoms with Crippen LogP contribution < -0.4 is 10.2 Å². The number of nitrogens with zero attached hydrogens (tertiary/aromatic N) is 6. The van der Waals surface area contributed by atoms with Gasteiger partial charge in [0.15, 0.2) is 11.6 Å². The summed E-state index contributed by atoms with van der Waals surface area (Å²) in [4.78, 5) is 13.3. The van der Waals surface area contributed by atoms with Crippen LogP contribution in [0.2, 0.25) is 0 Å². The van der Waals surface area contributed by atoms with Gasteiger partial charge in [-0.3, -0.25) is 9.78 Å². The maximum Gasteiger partial charge on any atom is 0.227 e. The minimum absolute atomic E-state index is 0.248. The maximum atomic E-state index is 9.54. The number of aromatic nitrogens is 6. The smallest absolute Gasteiger partial charge is 0.227 e. The van der Waals surface area contributed by atoms with E-state index in [1.165, 1.54) is 18.5 Å². The fraction of sp³-hybridized carbons (Fsp3) is 0.520. The van der Waals surface area contributed by atoms with Gasteiger partial charge in [-0.05, 0) is 44.1 Å². The summed E-state index contributed by atoms with van der Waals surface area (Å²) in [6, 6.07) is 4.54. The van der Waals surface area contributed by atoms with Gasteiger partial charge in [-0.15, -0.1) is 11.3 Å². The number of aliphatic hydroxyl groups excluding tert-OH is 1. The predicted octanol–water partition coefficient (Wildman–Crippen LogP) is 4.07. The van der Waals surface area contributed by atoms with Gasteiger partial charge in [0.1, 0.15) is 0 Å². The van der Waals surface area contributed by atoms with Gasteiger partial charge in [0.2, 0.25) is 5.95 Å². The molecular formula is C25H30N8O2S. The van der Waals surface area contributed by atoms with Crippen molar-refractivity contribution < 1.29 is 9.84 Å². The molecule has 0 spiro atoms. The van der Waals surface area contributed by atoms with E-state index in [0.717, 1.165) is 83.8 Å². The second-order valence-corrected chi connectivity index (χ2v) is 11.2. The van der Waals surface area contributed by atoms with Gasteiger partial charge in [-0.25, -0.2) is 4.98 Å². The zero-order valence-corrected chi connectivity index (χ0v) is 20.9. The summed E-state index contributed by atoms with van der Waals surface area (Å²) in [5.74, 6) is 3.26. The molecule has 10 nitrogen and oxygen atoms in total. The minimum atomic E-state index is 0.248. The number of rotatable bonds is 7. The van der Waals surface area contributed by atoms with E-state index in [2.05, 4.69) is 43.8 Å². The molecule has 0 aromatic carbocycles. The second kappa shape index (κ2) is 9.13. The molecule has 4 aromatic rings. The van der Waals surface area contributed by atoms with Crippen LogP contribution in [0.5, 0.6) is 0 Å². The quantitative estimate of drug-likeness (QED) is 0.343. The van der Waals surface area contributed by atoms with Gasteiger partial charge in [0, 0.05) is 60.6 Å². The van der Waals surface area contributed by atoms with Crippen molar-refractivity contribution >= 4 is 39.1 Å². The largest absolute Gasteiger partial charge is 0.396 e. The number of piperidine rings is 1. The Morgan fingerprint density at radius 1 is 1.14 bits per heavy atom. The molecular weight excluding hydrogens is 476 g/mol. The van der Waals surface area contributed by atoms with Crippen LogP contribution in [0.15, 0.2) is 24.5 Å². The molecule has 1 atom stereocenters. The van der Waals surface area contributed by atoms with Crippen molar-refractivity contribution in [1.82, 2.24) is 29.9 Å². The Labute approximate surface area is 212 Å². The molecule has 4 aromatic heterocycles. The summed E-state index contributed by atoms with van der Waals surface area (Å²) >= 11 is 1.68. The highest BCUT2D eigenvalue weighted by atomic mass is 32.1. The van der Waals surface area contributed by atoms with Crippen LogP contribution in [-0.2, 0) is 4.74 Å². The Balaban J connectivity index is 1.24. The van der Waals surface area contributed by atoms with Crippen LogP contribution in [0.4, 0.5) is 17.6 Å². The summed E-state index contributed by atoms with van der Waals surface area (Å²) in [5.41, 5.74) is 3.18. The van der Waals surface area contributed by atoms with Crippen molar-refractivity contribution in [3.8, 4) is 10.4 Å². The SMILES string of the molecule is OCC1CCN(c2nc(Nc3cc(C4CC4)[nH]n3)c3sc(-c4cnn(C5CCOC5)c4)cc3n2)CC1. The van der Waals surface area contributed by atoms with E-state index in [1.54, 1.807) is 11.3 Å². The summed E-state index contributed by atoms with van der Waals surface area (Å²) in [6.07, 6.45) is 9.38. The summed E-state index contributed by atoms with van der Waals surface area (Å²) in [5, 5.41) is 25.3. The minimum Gasteiger partial charge on any atom is -0.396 e. The lowest BCUT2D eigenvalue weighted by Crippen LogP contribution is -2.35. The van der Waals surface area contributed by atoms with Crippen molar-refractivity contribution in [2.75, 3.05) is 43.1 Å². The van der Waals surface area contributed by atoms with Crippen molar-refractivity contribution in [2.45, 2.75) is 44.1 Å².